The zero-order chi connectivity index (χ0) is 5.78. The van der Waals surface area contributed by atoms with Gasteiger partial charge in [-0.3, -0.25) is 0 Å². The van der Waals surface area contributed by atoms with E-state index in [1.165, 1.54) is 12.8 Å². The van der Waals surface area contributed by atoms with Crippen molar-refractivity contribution in [3.63, 3.8) is 0 Å². The SMILES string of the molecule is C=CC1CC12CC2C. The monoisotopic (exact) mass is 108 g/mol. The normalized spacial score (nSPS) is 58.6. The van der Waals surface area contributed by atoms with Gasteiger partial charge in [-0.1, -0.05) is 13.0 Å². The minimum atomic E-state index is 0.807. The molecule has 2 rings (SSSR count). The average Bonchev–Trinajstić information content (AvgIpc) is 2.55. The van der Waals surface area contributed by atoms with E-state index >= 15 is 0 Å². The molecule has 2 aliphatic rings. The zero-order valence-electron chi connectivity index (χ0n) is 5.35. The topological polar surface area (TPSA) is 0 Å². The maximum absolute atomic E-state index is 3.79. The summed E-state index contributed by atoms with van der Waals surface area (Å²) >= 11 is 0. The van der Waals surface area contributed by atoms with Crippen LogP contribution in [-0.2, 0) is 0 Å². The molecule has 0 amide bonds. The first-order valence-corrected chi connectivity index (χ1v) is 3.42. The lowest BCUT2D eigenvalue weighted by atomic mass is 10.2. The molecule has 0 aromatic rings. The van der Waals surface area contributed by atoms with Crippen molar-refractivity contribution in [1.29, 1.82) is 0 Å². The second kappa shape index (κ2) is 1.02. The van der Waals surface area contributed by atoms with Gasteiger partial charge in [0.25, 0.3) is 0 Å². The summed E-state index contributed by atoms with van der Waals surface area (Å²) < 4.78 is 0. The fourth-order valence-electron chi connectivity index (χ4n) is 1.98. The molecule has 0 heteroatoms. The van der Waals surface area contributed by atoms with E-state index in [1.807, 2.05) is 0 Å². The van der Waals surface area contributed by atoms with E-state index in [-0.39, 0.29) is 0 Å². The fraction of sp³-hybridized carbons (Fsp3) is 0.750. The quantitative estimate of drug-likeness (QED) is 0.452. The molecule has 2 saturated carbocycles. The van der Waals surface area contributed by atoms with Crippen LogP contribution < -0.4 is 0 Å². The molecule has 0 aliphatic heterocycles. The molecule has 0 nitrogen and oxygen atoms in total. The Kier molecular flexibility index (Phi) is 0.588. The van der Waals surface area contributed by atoms with Crippen molar-refractivity contribution in [3.8, 4) is 0 Å². The van der Waals surface area contributed by atoms with Gasteiger partial charge in [0.05, 0.1) is 0 Å². The first-order chi connectivity index (χ1) is 3.79. The summed E-state index contributed by atoms with van der Waals surface area (Å²) in [5.74, 6) is 1.92. The Morgan fingerprint density at radius 2 is 2.25 bits per heavy atom. The molecule has 2 fully saturated rings. The molecule has 0 aromatic heterocycles. The van der Waals surface area contributed by atoms with E-state index in [0.29, 0.717) is 0 Å². The van der Waals surface area contributed by atoms with Crippen LogP contribution >= 0.6 is 0 Å². The first-order valence-electron chi connectivity index (χ1n) is 3.42. The molecule has 0 radical (unpaired) electrons. The van der Waals surface area contributed by atoms with Gasteiger partial charge >= 0.3 is 0 Å². The summed E-state index contributed by atoms with van der Waals surface area (Å²) in [6.07, 6.45) is 5.05. The highest BCUT2D eigenvalue weighted by atomic mass is 14.7. The van der Waals surface area contributed by atoms with Crippen LogP contribution in [0.2, 0.25) is 0 Å². The van der Waals surface area contributed by atoms with E-state index < -0.39 is 0 Å². The molecule has 0 N–H and O–H groups in total. The van der Waals surface area contributed by atoms with Crippen LogP contribution in [0, 0.1) is 17.3 Å². The fourth-order valence-corrected chi connectivity index (χ4v) is 1.98. The summed E-state index contributed by atoms with van der Waals surface area (Å²) in [7, 11) is 0. The van der Waals surface area contributed by atoms with E-state index in [0.717, 1.165) is 17.3 Å². The molecule has 3 atom stereocenters. The first kappa shape index (κ1) is 4.60. The van der Waals surface area contributed by atoms with Gasteiger partial charge in [-0.05, 0) is 30.1 Å². The standard InChI is InChI=1S/C8H12/c1-3-7-5-8(7)4-6(8)2/h3,6-7H,1,4-5H2,2H3. The summed E-state index contributed by atoms with van der Waals surface area (Å²) in [5, 5.41) is 0. The molecular weight excluding hydrogens is 96.1 g/mol. The molecule has 0 bridgehead atoms. The highest BCUT2D eigenvalue weighted by Crippen LogP contribution is 2.74. The highest BCUT2D eigenvalue weighted by molar-refractivity contribution is 5.21. The number of hydrogen-bond donors (Lipinski definition) is 0. The molecular formula is C8H12. The van der Waals surface area contributed by atoms with E-state index in [4.69, 9.17) is 0 Å². The largest absolute Gasteiger partial charge is 0.103 e. The van der Waals surface area contributed by atoms with Gasteiger partial charge in [0.1, 0.15) is 0 Å². The van der Waals surface area contributed by atoms with Gasteiger partial charge in [-0.15, -0.1) is 6.58 Å². The van der Waals surface area contributed by atoms with Crippen molar-refractivity contribution in [2.24, 2.45) is 17.3 Å². The predicted molar refractivity (Wildman–Crippen MR) is 34.5 cm³/mol. The van der Waals surface area contributed by atoms with Crippen molar-refractivity contribution in [2.45, 2.75) is 19.8 Å². The van der Waals surface area contributed by atoms with Crippen LogP contribution in [0.5, 0.6) is 0 Å². The Balaban J connectivity index is 2.06. The lowest BCUT2D eigenvalue weighted by Crippen LogP contribution is -1.75. The van der Waals surface area contributed by atoms with Crippen LogP contribution in [-0.4, -0.2) is 0 Å². The van der Waals surface area contributed by atoms with Crippen LogP contribution in [0.4, 0.5) is 0 Å². The van der Waals surface area contributed by atoms with Gasteiger partial charge in [0.2, 0.25) is 0 Å². The van der Waals surface area contributed by atoms with Gasteiger partial charge in [-0.2, -0.15) is 0 Å². The van der Waals surface area contributed by atoms with Crippen molar-refractivity contribution in [1.82, 2.24) is 0 Å². The second-order valence-electron chi connectivity index (χ2n) is 3.38. The summed E-state index contributed by atoms with van der Waals surface area (Å²) in [5.41, 5.74) is 0.807. The smallest absolute Gasteiger partial charge is 0.0171 e. The number of hydrogen-bond acceptors (Lipinski definition) is 0. The van der Waals surface area contributed by atoms with Gasteiger partial charge in [0, 0.05) is 0 Å². The predicted octanol–water partition coefficient (Wildman–Crippen LogP) is 2.22. The minimum absolute atomic E-state index is 0.807. The Bertz CT molecular complexity index is 137. The zero-order valence-corrected chi connectivity index (χ0v) is 5.35. The summed E-state index contributed by atoms with van der Waals surface area (Å²) in [4.78, 5) is 0. The van der Waals surface area contributed by atoms with E-state index in [2.05, 4.69) is 19.6 Å². The van der Waals surface area contributed by atoms with Crippen molar-refractivity contribution < 1.29 is 0 Å². The Morgan fingerprint density at radius 3 is 2.38 bits per heavy atom. The molecule has 3 unspecified atom stereocenters. The van der Waals surface area contributed by atoms with E-state index in [1.54, 1.807) is 0 Å². The van der Waals surface area contributed by atoms with Gasteiger partial charge < -0.3 is 0 Å². The Hall–Kier alpha value is -0.260. The van der Waals surface area contributed by atoms with Crippen LogP contribution in [0.1, 0.15) is 19.8 Å². The molecule has 0 heterocycles. The molecule has 1 spiro atoms. The maximum atomic E-state index is 3.79. The Labute approximate surface area is 50.6 Å². The summed E-state index contributed by atoms with van der Waals surface area (Å²) in [6.45, 7) is 6.14. The van der Waals surface area contributed by atoms with Crippen LogP contribution in [0.15, 0.2) is 12.7 Å². The minimum Gasteiger partial charge on any atom is -0.103 e. The number of rotatable bonds is 1. The molecule has 0 saturated heterocycles. The number of allylic oxidation sites excluding steroid dienone is 1. The second-order valence-corrected chi connectivity index (χ2v) is 3.38. The van der Waals surface area contributed by atoms with Crippen molar-refractivity contribution >= 4 is 0 Å². The third kappa shape index (κ3) is 0.331. The molecule has 8 heavy (non-hydrogen) atoms. The molecule has 2 aliphatic carbocycles. The third-order valence-electron chi connectivity index (χ3n) is 2.97. The highest BCUT2D eigenvalue weighted by Gasteiger charge is 2.66. The molecule has 0 aromatic carbocycles. The van der Waals surface area contributed by atoms with Crippen molar-refractivity contribution in [2.75, 3.05) is 0 Å². The maximum Gasteiger partial charge on any atom is -0.0171 e. The Morgan fingerprint density at radius 1 is 1.62 bits per heavy atom. The van der Waals surface area contributed by atoms with Crippen molar-refractivity contribution in [3.05, 3.63) is 12.7 Å². The lowest BCUT2D eigenvalue weighted by molar-refractivity contribution is 0.727. The van der Waals surface area contributed by atoms with Crippen LogP contribution in [0.25, 0.3) is 0 Å². The van der Waals surface area contributed by atoms with Gasteiger partial charge in [-0.25, -0.2) is 0 Å². The van der Waals surface area contributed by atoms with Crippen LogP contribution in [0.3, 0.4) is 0 Å². The lowest BCUT2D eigenvalue weighted by Gasteiger charge is -1.81. The summed E-state index contributed by atoms with van der Waals surface area (Å²) in [6, 6.07) is 0. The van der Waals surface area contributed by atoms with E-state index in [9.17, 15) is 0 Å². The average molecular weight is 108 g/mol. The van der Waals surface area contributed by atoms with Gasteiger partial charge in [0.15, 0.2) is 0 Å². The third-order valence-corrected chi connectivity index (χ3v) is 2.97. The molecule has 44 valence electrons.